The average molecular weight is 428 g/mol. The number of nitrogens with zero attached hydrogens (tertiary/aromatic N) is 4. The van der Waals surface area contributed by atoms with Crippen LogP contribution in [-0.2, 0) is 0 Å². The Labute approximate surface area is 179 Å². The summed E-state index contributed by atoms with van der Waals surface area (Å²) in [6.07, 6.45) is 1.46. The molecule has 0 saturated carbocycles. The first-order valence-corrected chi connectivity index (χ1v) is 9.98. The third-order valence-corrected chi connectivity index (χ3v) is 5.18. The highest BCUT2D eigenvalue weighted by molar-refractivity contribution is 6.35. The summed E-state index contributed by atoms with van der Waals surface area (Å²) in [5, 5.41) is 3.59. The molecule has 0 spiro atoms. The Morgan fingerprint density at radius 2 is 1.52 bits per heavy atom. The molecule has 29 heavy (non-hydrogen) atoms. The molecule has 0 atom stereocenters. The topological polar surface area (TPSA) is 61.4 Å². The van der Waals surface area contributed by atoms with Crippen LogP contribution in [0.25, 0.3) is 0 Å². The van der Waals surface area contributed by atoms with Gasteiger partial charge in [-0.3, -0.25) is 4.79 Å². The van der Waals surface area contributed by atoms with Gasteiger partial charge in [0.2, 0.25) is 0 Å². The molecule has 0 unspecified atom stereocenters. The van der Waals surface area contributed by atoms with Crippen LogP contribution in [0, 0.1) is 0 Å². The van der Waals surface area contributed by atoms with Gasteiger partial charge in [-0.25, -0.2) is 9.97 Å². The number of benzene rings is 2. The van der Waals surface area contributed by atoms with E-state index in [1.807, 2.05) is 18.2 Å². The van der Waals surface area contributed by atoms with Crippen molar-refractivity contribution in [1.29, 1.82) is 0 Å². The van der Waals surface area contributed by atoms with Crippen molar-refractivity contribution in [3.63, 3.8) is 0 Å². The molecule has 4 rings (SSSR count). The van der Waals surface area contributed by atoms with Crippen LogP contribution in [0.15, 0.2) is 60.9 Å². The lowest BCUT2D eigenvalue weighted by atomic mass is 10.2. The number of halogens is 2. The predicted molar refractivity (Wildman–Crippen MR) is 117 cm³/mol. The van der Waals surface area contributed by atoms with E-state index in [0.29, 0.717) is 21.4 Å². The smallest absolute Gasteiger partial charge is 0.256 e. The molecule has 1 aromatic heterocycles. The lowest BCUT2D eigenvalue weighted by Gasteiger charge is -2.36. The second-order valence-corrected chi connectivity index (χ2v) is 7.56. The van der Waals surface area contributed by atoms with Crippen LogP contribution in [0.4, 0.5) is 17.3 Å². The Kier molecular flexibility index (Phi) is 5.83. The number of rotatable bonds is 4. The van der Waals surface area contributed by atoms with E-state index in [2.05, 4.69) is 37.2 Å². The van der Waals surface area contributed by atoms with Gasteiger partial charge in [0, 0.05) is 53.5 Å². The van der Waals surface area contributed by atoms with Gasteiger partial charge in [0.25, 0.3) is 5.91 Å². The van der Waals surface area contributed by atoms with E-state index < -0.39 is 0 Å². The fraction of sp³-hybridized carbons (Fsp3) is 0.190. The van der Waals surface area contributed by atoms with Crippen molar-refractivity contribution >= 4 is 46.4 Å². The zero-order valence-electron chi connectivity index (χ0n) is 15.6. The van der Waals surface area contributed by atoms with Crippen molar-refractivity contribution in [2.75, 3.05) is 41.3 Å². The minimum absolute atomic E-state index is 0.326. The van der Waals surface area contributed by atoms with Crippen LogP contribution in [-0.4, -0.2) is 42.1 Å². The molecule has 1 aliphatic heterocycles. The lowest BCUT2D eigenvalue weighted by molar-refractivity contribution is 0.102. The van der Waals surface area contributed by atoms with Gasteiger partial charge in [-0.2, -0.15) is 0 Å². The van der Waals surface area contributed by atoms with Crippen molar-refractivity contribution in [3.8, 4) is 0 Å². The van der Waals surface area contributed by atoms with Crippen LogP contribution >= 0.6 is 23.2 Å². The molecule has 0 bridgehead atoms. The van der Waals surface area contributed by atoms with E-state index in [4.69, 9.17) is 23.2 Å². The summed E-state index contributed by atoms with van der Waals surface area (Å²) in [4.78, 5) is 25.6. The first-order valence-electron chi connectivity index (χ1n) is 9.23. The van der Waals surface area contributed by atoms with E-state index in [0.717, 1.165) is 32.0 Å². The Bertz CT molecular complexity index is 987. The van der Waals surface area contributed by atoms with Crippen LogP contribution in [0.3, 0.4) is 0 Å². The SMILES string of the molecule is O=C(Nc1cc(N2CCN(c3ccccc3)CC2)ncn1)c1cc(Cl)cc(Cl)c1. The van der Waals surface area contributed by atoms with Gasteiger partial charge in [-0.05, 0) is 30.3 Å². The molecule has 0 radical (unpaired) electrons. The summed E-state index contributed by atoms with van der Waals surface area (Å²) in [5.74, 6) is 0.890. The molecule has 1 N–H and O–H groups in total. The van der Waals surface area contributed by atoms with Crippen LogP contribution in [0.2, 0.25) is 10.0 Å². The maximum atomic E-state index is 12.5. The molecule has 6 nitrogen and oxygen atoms in total. The molecular formula is C21H19Cl2N5O. The molecule has 2 aromatic carbocycles. The second-order valence-electron chi connectivity index (χ2n) is 6.68. The van der Waals surface area contributed by atoms with Gasteiger partial charge in [-0.15, -0.1) is 0 Å². The van der Waals surface area contributed by atoms with Gasteiger partial charge in [0.15, 0.2) is 0 Å². The van der Waals surface area contributed by atoms with Gasteiger partial charge in [-0.1, -0.05) is 41.4 Å². The number of nitrogens with one attached hydrogen (secondary N) is 1. The molecule has 1 saturated heterocycles. The van der Waals surface area contributed by atoms with E-state index in [1.165, 1.54) is 12.0 Å². The summed E-state index contributed by atoms with van der Waals surface area (Å²) in [7, 11) is 0. The van der Waals surface area contributed by atoms with E-state index in [-0.39, 0.29) is 5.91 Å². The van der Waals surface area contributed by atoms with Crippen molar-refractivity contribution < 1.29 is 4.79 Å². The minimum atomic E-state index is -0.326. The highest BCUT2D eigenvalue weighted by atomic mass is 35.5. The number of amides is 1. The molecule has 3 aromatic rings. The highest BCUT2D eigenvalue weighted by Gasteiger charge is 2.19. The highest BCUT2D eigenvalue weighted by Crippen LogP contribution is 2.22. The second kappa shape index (κ2) is 8.68. The summed E-state index contributed by atoms with van der Waals surface area (Å²) in [6, 6.07) is 16.9. The normalized spacial score (nSPS) is 14.0. The summed E-state index contributed by atoms with van der Waals surface area (Å²) in [5.41, 5.74) is 1.60. The monoisotopic (exact) mass is 427 g/mol. The van der Waals surface area contributed by atoms with E-state index in [1.54, 1.807) is 24.3 Å². The zero-order chi connectivity index (χ0) is 20.2. The molecule has 1 amide bonds. The third-order valence-electron chi connectivity index (χ3n) is 4.74. The van der Waals surface area contributed by atoms with Gasteiger partial charge >= 0.3 is 0 Å². The number of hydrogen-bond acceptors (Lipinski definition) is 5. The minimum Gasteiger partial charge on any atom is -0.368 e. The molecule has 148 valence electrons. The fourth-order valence-corrected chi connectivity index (χ4v) is 3.82. The molecule has 8 heteroatoms. The number of aromatic nitrogens is 2. The summed E-state index contributed by atoms with van der Waals surface area (Å²) >= 11 is 12.0. The summed E-state index contributed by atoms with van der Waals surface area (Å²) in [6.45, 7) is 3.47. The van der Waals surface area contributed by atoms with Crippen LogP contribution in [0.1, 0.15) is 10.4 Å². The van der Waals surface area contributed by atoms with Crippen molar-refractivity contribution in [2.45, 2.75) is 0 Å². The molecular weight excluding hydrogens is 409 g/mol. The standard InChI is InChI=1S/C21H19Cl2N5O/c22-16-10-15(11-17(23)12-16)21(29)26-19-13-20(25-14-24-19)28-8-6-27(7-9-28)18-4-2-1-3-5-18/h1-5,10-14H,6-9H2,(H,24,25,26,29). The van der Waals surface area contributed by atoms with E-state index >= 15 is 0 Å². The maximum absolute atomic E-state index is 12.5. The number of carbonyl (C=O) groups is 1. The van der Waals surface area contributed by atoms with Crippen LogP contribution < -0.4 is 15.1 Å². The van der Waals surface area contributed by atoms with Crippen LogP contribution in [0.5, 0.6) is 0 Å². The maximum Gasteiger partial charge on any atom is 0.256 e. The Morgan fingerprint density at radius 1 is 0.862 bits per heavy atom. The molecule has 0 aliphatic carbocycles. The number of hydrogen-bond donors (Lipinski definition) is 1. The number of anilines is 3. The average Bonchev–Trinajstić information content (AvgIpc) is 2.74. The quantitative estimate of drug-likeness (QED) is 0.669. The first kappa shape index (κ1) is 19.5. The number of piperazine rings is 1. The number of carbonyl (C=O) groups excluding carboxylic acids is 1. The summed E-state index contributed by atoms with van der Waals surface area (Å²) < 4.78 is 0. The largest absolute Gasteiger partial charge is 0.368 e. The predicted octanol–water partition coefficient (Wildman–Crippen LogP) is 4.36. The van der Waals surface area contributed by atoms with Gasteiger partial charge < -0.3 is 15.1 Å². The van der Waals surface area contributed by atoms with Crippen molar-refractivity contribution in [3.05, 3.63) is 76.5 Å². The Hall–Kier alpha value is -2.83. The van der Waals surface area contributed by atoms with Gasteiger partial charge in [0.05, 0.1) is 0 Å². The Morgan fingerprint density at radius 3 is 2.21 bits per heavy atom. The van der Waals surface area contributed by atoms with Crippen molar-refractivity contribution in [2.24, 2.45) is 0 Å². The fourth-order valence-electron chi connectivity index (χ4n) is 3.29. The molecule has 1 aliphatic rings. The Balaban J connectivity index is 1.42. The van der Waals surface area contributed by atoms with Crippen molar-refractivity contribution in [1.82, 2.24) is 9.97 Å². The zero-order valence-corrected chi connectivity index (χ0v) is 17.1. The third kappa shape index (κ3) is 4.78. The lowest BCUT2D eigenvalue weighted by Crippen LogP contribution is -2.46. The van der Waals surface area contributed by atoms with E-state index in [9.17, 15) is 4.79 Å². The molecule has 1 fully saturated rings. The van der Waals surface area contributed by atoms with Gasteiger partial charge in [0.1, 0.15) is 18.0 Å². The number of para-hydroxylation sites is 1. The first-order chi connectivity index (χ1) is 14.1. The molecule has 2 heterocycles.